The normalized spacial score (nSPS) is 13.1. The molecule has 48 heavy (non-hydrogen) atoms. The highest BCUT2D eigenvalue weighted by atomic mass is 16.6. The van der Waals surface area contributed by atoms with E-state index in [1.165, 1.54) is 57.8 Å². The molecule has 0 aromatic carbocycles. The van der Waals surface area contributed by atoms with Crippen molar-refractivity contribution in [1.82, 2.24) is 0 Å². The minimum absolute atomic E-state index is 0.116. The van der Waals surface area contributed by atoms with Crippen LogP contribution in [0.5, 0.6) is 0 Å². The van der Waals surface area contributed by atoms with Gasteiger partial charge in [-0.05, 0) is 83.5 Å². The molecule has 0 saturated heterocycles. The first-order valence-corrected chi connectivity index (χ1v) is 19.1. The van der Waals surface area contributed by atoms with Crippen molar-refractivity contribution in [3.05, 3.63) is 85.1 Å². The molecule has 0 bridgehead atoms. The summed E-state index contributed by atoms with van der Waals surface area (Å²) in [5.74, 6) is -0.712. The second-order valence-corrected chi connectivity index (χ2v) is 12.3. The number of aliphatic hydroxyl groups excluding tert-OH is 1. The molecule has 1 atom stereocenters. The van der Waals surface area contributed by atoms with Gasteiger partial charge in [-0.2, -0.15) is 0 Å². The molecule has 0 aliphatic rings. The number of allylic oxidation sites excluding steroid dienone is 14. The summed E-state index contributed by atoms with van der Waals surface area (Å²) in [5.41, 5.74) is 0. The summed E-state index contributed by atoms with van der Waals surface area (Å²) in [4.78, 5) is 24.2. The molecular weight excluding hydrogens is 596 g/mol. The first kappa shape index (κ1) is 45.1. The quantitative estimate of drug-likeness (QED) is 0.0429. The highest BCUT2D eigenvalue weighted by molar-refractivity contribution is 5.70. The number of hydrogen-bond donors (Lipinski definition) is 1. The standard InChI is InChI=1S/C43H70O5/c1-3-5-7-9-11-13-15-17-19-20-21-22-24-25-27-29-31-33-35-37-42(45)47-40-41(39-44)48-43(46)38-36-34-32-30-28-26-23-18-16-14-12-10-8-6-4-2/h11-14,17-19,21-23,25,27,31,33,41,44H,3-10,15-16,20,24,26,28-30,32,34-40H2,1-2H3. The molecule has 0 aliphatic carbocycles. The van der Waals surface area contributed by atoms with E-state index in [9.17, 15) is 14.7 Å². The van der Waals surface area contributed by atoms with Gasteiger partial charge < -0.3 is 14.6 Å². The van der Waals surface area contributed by atoms with Gasteiger partial charge in [0, 0.05) is 12.8 Å². The van der Waals surface area contributed by atoms with Crippen LogP contribution in [0.4, 0.5) is 0 Å². The second kappa shape index (κ2) is 38.5. The zero-order valence-corrected chi connectivity index (χ0v) is 30.7. The van der Waals surface area contributed by atoms with Crippen LogP contribution in [0.1, 0.15) is 155 Å². The Kier molecular flexibility index (Phi) is 36.2. The minimum atomic E-state index is -0.813. The Morgan fingerprint density at radius 3 is 1.33 bits per heavy atom. The average Bonchev–Trinajstić information content (AvgIpc) is 3.09. The minimum Gasteiger partial charge on any atom is -0.462 e. The predicted molar refractivity (Wildman–Crippen MR) is 205 cm³/mol. The Bertz CT molecular complexity index is 937. The van der Waals surface area contributed by atoms with E-state index in [4.69, 9.17) is 9.47 Å². The zero-order chi connectivity index (χ0) is 35.0. The van der Waals surface area contributed by atoms with Crippen molar-refractivity contribution in [2.75, 3.05) is 13.2 Å². The third kappa shape index (κ3) is 35.9. The van der Waals surface area contributed by atoms with Gasteiger partial charge in [-0.1, -0.05) is 144 Å². The highest BCUT2D eigenvalue weighted by Crippen LogP contribution is 2.10. The van der Waals surface area contributed by atoms with Gasteiger partial charge in [0.2, 0.25) is 0 Å². The Balaban J connectivity index is 3.75. The fraction of sp³-hybridized carbons (Fsp3) is 0.628. The van der Waals surface area contributed by atoms with Gasteiger partial charge in [-0.25, -0.2) is 0 Å². The monoisotopic (exact) mass is 667 g/mol. The maximum absolute atomic E-state index is 12.1. The summed E-state index contributed by atoms with van der Waals surface area (Å²) >= 11 is 0. The molecule has 0 saturated carbocycles. The molecule has 0 radical (unpaired) electrons. The third-order valence-electron chi connectivity index (χ3n) is 7.67. The van der Waals surface area contributed by atoms with Gasteiger partial charge in [-0.3, -0.25) is 9.59 Å². The van der Waals surface area contributed by atoms with Gasteiger partial charge in [-0.15, -0.1) is 0 Å². The molecule has 1 N–H and O–H groups in total. The molecule has 0 amide bonds. The molecule has 0 aromatic rings. The van der Waals surface area contributed by atoms with Gasteiger partial charge in [0.05, 0.1) is 6.61 Å². The lowest BCUT2D eigenvalue weighted by Crippen LogP contribution is -2.28. The lowest BCUT2D eigenvalue weighted by molar-refractivity contribution is -0.161. The molecular formula is C43H70O5. The van der Waals surface area contributed by atoms with Gasteiger partial charge in [0.15, 0.2) is 6.10 Å². The van der Waals surface area contributed by atoms with Crippen molar-refractivity contribution in [2.24, 2.45) is 0 Å². The van der Waals surface area contributed by atoms with Crippen molar-refractivity contribution in [2.45, 2.75) is 161 Å². The summed E-state index contributed by atoms with van der Waals surface area (Å²) in [6, 6.07) is 0. The van der Waals surface area contributed by atoms with Crippen LogP contribution in [0.2, 0.25) is 0 Å². The molecule has 5 nitrogen and oxygen atoms in total. The molecule has 272 valence electrons. The van der Waals surface area contributed by atoms with Crippen molar-refractivity contribution in [1.29, 1.82) is 0 Å². The van der Waals surface area contributed by atoms with Crippen molar-refractivity contribution < 1.29 is 24.2 Å². The number of carbonyl (C=O) groups is 2. The fourth-order valence-corrected chi connectivity index (χ4v) is 4.74. The van der Waals surface area contributed by atoms with E-state index in [1.807, 2.05) is 12.2 Å². The topological polar surface area (TPSA) is 72.8 Å². The first-order chi connectivity index (χ1) is 23.6. The Labute approximate surface area is 295 Å². The number of esters is 2. The molecule has 0 aliphatic heterocycles. The van der Waals surface area contributed by atoms with Crippen LogP contribution in [0, 0.1) is 0 Å². The number of ether oxygens (including phenoxy) is 2. The number of unbranched alkanes of at least 4 members (excludes halogenated alkanes) is 11. The van der Waals surface area contributed by atoms with Crippen LogP contribution in [0.25, 0.3) is 0 Å². The number of hydrogen-bond acceptors (Lipinski definition) is 5. The molecule has 0 spiro atoms. The third-order valence-corrected chi connectivity index (χ3v) is 7.67. The second-order valence-electron chi connectivity index (χ2n) is 12.3. The highest BCUT2D eigenvalue weighted by Gasteiger charge is 2.15. The van der Waals surface area contributed by atoms with E-state index >= 15 is 0 Å². The largest absolute Gasteiger partial charge is 0.462 e. The number of rotatable bonds is 33. The van der Waals surface area contributed by atoms with E-state index in [0.717, 1.165) is 64.2 Å². The first-order valence-electron chi connectivity index (χ1n) is 19.1. The van der Waals surface area contributed by atoms with Crippen LogP contribution >= 0.6 is 0 Å². The molecule has 1 unspecified atom stereocenters. The Hall–Kier alpha value is -2.92. The maximum Gasteiger partial charge on any atom is 0.306 e. The fourth-order valence-electron chi connectivity index (χ4n) is 4.74. The van der Waals surface area contributed by atoms with Crippen LogP contribution in [0.3, 0.4) is 0 Å². The van der Waals surface area contributed by atoms with Crippen LogP contribution in [-0.4, -0.2) is 36.4 Å². The van der Waals surface area contributed by atoms with E-state index < -0.39 is 6.10 Å². The summed E-state index contributed by atoms with van der Waals surface area (Å²) in [5, 5.41) is 9.53. The van der Waals surface area contributed by atoms with Crippen molar-refractivity contribution in [3.8, 4) is 0 Å². The lowest BCUT2D eigenvalue weighted by atomic mass is 10.1. The molecule has 0 rings (SSSR count). The van der Waals surface area contributed by atoms with Crippen LogP contribution in [-0.2, 0) is 19.1 Å². The Morgan fingerprint density at radius 2 is 0.875 bits per heavy atom. The molecule has 0 fully saturated rings. The van der Waals surface area contributed by atoms with E-state index in [2.05, 4.69) is 86.8 Å². The maximum atomic E-state index is 12.1. The van der Waals surface area contributed by atoms with Crippen LogP contribution in [0.15, 0.2) is 85.1 Å². The summed E-state index contributed by atoms with van der Waals surface area (Å²) in [7, 11) is 0. The van der Waals surface area contributed by atoms with Crippen molar-refractivity contribution in [3.63, 3.8) is 0 Å². The number of carbonyl (C=O) groups excluding carboxylic acids is 2. The van der Waals surface area contributed by atoms with Crippen LogP contribution < -0.4 is 0 Å². The summed E-state index contributed by atoms with van der Waals surface area (Å²) in [6.45, 7) is 3.98. The average molecular weight is 667 g/mol. The molecule has 0 aromatic heterocycles. The summed E-state index contributed by atoms with van der Waals surface area (Å²) in [6.07, 6.45) is 52.2. The predicted octanol–water partition coefficient (Wildman–Crippen LogP) is 11.9. The van der Waals surface area contributed by atoms with E-state index in [1.54, 1.807) is 0 Å². The smallest absolute Gasteiger partial charge is 0.306 e. The van der Waals surface area contributed by atoms with Crippen molar-refractivity contribution >= 4 is 11.9 Å². The SMILES string of the molecule is CCCCCC=CCC=CCC=CCC=CCC=CCCC(=O)OCC(CO)OC(=O)CCCCCCCC=CCC=CCCCCC. The summed E-state index contributed by atoms with van der Waals surface area (Å²) < 4.78 is 10.5. The van der Waals surface area contributed by atoms with Gasteiger partial charge in [0.1, 0.15) is 6.61 Å². The lowest BCUT2D eigenvalue weighted by Gasteiger charge is -2.15. The van der Waals surface area contributed by atoms with E-state index in [-0.39, 0.29) is 31.6 Å². The Morgan fingerprint density at radius 1 is 0.479 bits per heavy atom. The molecule has 5 heteroatoms. The molecule has 0 heterocycles. The van der Waals surface area contributed by atoms with E-state index in [0.29, 0.717) is 12.8 Å². The van der Waals surface area contributed by atoms with Gasteiger partial charge in [0.25, 0.3) is 0 Å². The zero-order valence-electron chi connectivity index (χ0n) is 30.7. The number of aliphatic hydroxyl groups is 1. The van der Waals surface area contributed by atoms with Gasteiger partial charge >= 0.3 is 11.9 Å².